The van der Waals surface area contributed by atoms with Crippen molar-refractivity contribution in [1.82, 2.24) is 5.32 Å². The largest absolute Gasteiger partial charge is 0.468 e. The van der Waals surface area contributed by atoms with E-state index in [9.17, 15) is 4.79 Å². The van der Waals surface area contributed by atoms with Crippen LogP contribution in [-0.4, -0.2) is 36.2 Å². The maximum Gasteiger partial charge on any atom is 0.326 e. The van der Waals surface area contributed by atoms with E-state index in [1.807, 2.05) is 7.05 Å². The third kappa shape index (κ3) is 3.70. The van der Waals surface area contributed by atoms with E-state index in [-0.39, 0.29) is 5.97 Å². The van der Waals surface area contributed by atoms with Gasteiger partial charge in [0.05, 0.1) is 7.11 Å². The molecule has 2 saturated carbocycles. The van der Waals surface area contributed by atoms with Gasteiger partial charge in [-0.25, -0.2) is 0 Å². The molecule has 2 rings (SSSR count). The standard InChI is InChI=1S/C16H29NO2S/c1-12-6-4-7-13(10-12)20-14-8-5-9-16(11-14,17-2)15(18)19-3/h12-14,17H,4-11H2,1-3H3. The van der Waals surface area contributed by atoms with Crippen molar-refractivity contribution >= 4 is 17.7 Å². The summed E-state index contributed by atoms with van der Waals surface area (Å²) in [5.74, 6) is 0.793. The quantitative estimate of drug-likeness (QED) is 0.808. The molecule has 2 fully saturated rings. The van der Waals surface area contributed by atoms with Crippen LogP contribution < -0.4 is 5.32 Å². The Morgan fingerprint density at radius 1 is 1.25 bits per heavy atom. The van der Waals surface area contributed by atoms with Crippen LogP contribution in [0.5, 0.6) is 0 Å². The first-order valence-electron chi connectivity index (χ1n) is 8.02. The van der Waals surface area contributed by atoms with Gasteiger partial charge in [0.25, 0.3) is 0 Å². The number of ether oxygens (including phenoxy) is 1. The van der Waals surface area contributed by atoms with Crippen molar-refractivity contribution < 1.29 is 9.53 Å². The molecule has 0 radical (unpaired) electrons. The average Bonchev–Trinajstić information content (AvgIpc) is 2.46. The molecule has 0 bridgehead atoms. The number of nitrogens with one attached hydrogen (secondary N) is 1. The molecule has 1 N–H and O–H groups in total. The second-order valence-corrected chi connectivity index (χ2v) is 8.18. The lowest BCUT2D eigenvalue weighted by Gasteiger charge is -2.40. The Morgan fingerprint density at radius 2 is 2.00 bits per heavy atom. The Morgan fingerprint density at radius 3 is 2.65 bits per heavy atom. The van der Waals surface area contributed by atoms with Crippen LogP contribution in [-0.2, 0) is 9.53 Å². The third-order valence-corrected chi connectivity index (χ3v) is 6.63. The van der Waals surface area contributed by atoms with E-state index < -0.39 is 5.54 Å². The monoisotopic (exact) mass is 299 g/mol. The highest BCUT2D eigenvalue weighted by atomic mass is 32.2. The van der Waals surface area contributed by atoms with E-state index in [0.29, 0.717) is 5.25 Å². The van der Waals surface area contributed by atoms with Gasteiger partial charge in [-0.15, -0.1) is 0 Å². The molecule has 0 heterocycles. The van der Waals surface area contributed by atoms with Gasteiger partial charge in [0.1, 0.15) is 5.54 Å². The van der Waals surface area contributed by atoms with Crippen LogP contribution in [0.3, 0.4) is 0 Å². The Kier molecular flexibility index (Phi) is 5.79. The summed E-state index contributed by atoms with van der Waals surface area (Å²) in [6.45, 7) is 2.37. The van der Waals surface area contributed by atoms with Crippen molar-refractivity contribution in [2.75, 3.05) is 14.2 Å². The fourth-order valence-electron chi connectivity index (χ4n) is 3.82. The first-order chi connectivity index (χ1) is 9.59. The van der Waals surface area contributed by atoms with E-state index in [1.54, 1.807) is 0 Å². The zero-order valence-electron chi connectivity index (χ0n) is 13.1. The van der Waals surface area contributed by atoms with Gasteiger partial charge in [0.15, 0.2) is 0 Å². The summed E-state index contributed by atoms with van der Waals surface area (Å²) in [6.07, 6.45) is 9.68. The normalized spacial score (nSPS) is 38.5. The number of rotatable bonds is 4. The summed E-state index contributed by atoms with van der Waals surface area (Å²) in [7, 11) is 3.40. The molecular weight excluding hydrogens is 270 g/mol. The number of carbonyl (C=O) groups excluding carboxylic acids is 1. The first kappa shape index (κ1) is 16.2. The topological polar surface area (TPSA) is 38.3 Å². The zero-order chi connectivity index (χ0) is 14.6. The number of hydrogen-bond donors (Lipinski definition) is 1. The van der Waals surface area contributed by atoms with Crippen LogP contribution in [0.1, 0.15) is 58.3 Å². The highest BCUT2D eigenvalue weighted by molar-refractivity contribution is 8.00. The Hall–Kier alpha value is -0.220. The summed E-state index contributed by atoms with van der Waals surface area (Å²) in [6, 6.07) is 0. The van der Waals surface area contributed by atoms with Crippen LogP contribution in [0.25, 0.3) is 0 Å². The molecule has 0 aliphatic heterocycles. The number of hydrogen-bond acceptors (Lipinski definition) is 4. The van der Waals surface area contributed by atoms with E-state index in [4.69, 9.17) is 4.74 Å². The number of likely N-dealkylation sites (N-methyl/N-ethyl adjacent to an activating group) is 1. The van der Waals surface area contributed by atoms with Crippen molar-refractivity contribution in [3.63, 3.8) is 0 Å². The molecule has 4 atom stereocenters. The van der Waals surface area contributed by atoms with Crippen LogP contribution in [0, 0.1) is 5.92 Å². The summed E-state index contributed by atoms with van der Waals surface area (Å²) in [4.78, 5) is 12.1. The van der Waals surface area contributed by atoms with Crippen LogP contribution in [0.15, 0.2) is 0 Å². The van der Waals surface area contributed by atoms with Gasteiger partial charge in [-0.1, -0.05) is 19.8 Å². The molecule has 4 unspecified atom stereocenters. The van der Waals surface area contributed by atoms with Crippen molar-refractivity contribution in [3.8, 4) is 0 Å². The van der Waals surface area contributed by atoms with E-state index >= 15 is 0 Å². The molecule has 0 saturated heterocycles. The van der Waals surface area contributed by atoms with Crippen molar-refractivity contribution in [2.24, 2.45) is 5.92 Å². The van der Waals surface area contributed by atoms with Crippen LogP contribution in [0.4, 0.5) is 0 Å². The predicted molar refractivity (Wildman–Crippen MR) is 85.1 cm³/mol. The smallest absolute Gasteiger partial charge is 0.326 e. The highest BCUT2D eigenvalue weighted by Crippen LogP contribution is 2.41. The second kappa shape index (κ2) is 7.17. The van der Waals surface area contributed by atoms with Crippen molar-refractivity contribution in [2.45, 2.75) is 74.3 Å². The summed E-state index contributed by atoms with van der Waals surface area (Å²) in [5, 5.41) is 4.66. The molecule has 4 heteroatoms. The first-order valence-corrected chi connectivity index (χ1v) is 8.96. The van der Waals surface area contributed by atoms with Gasteiger partial charge < -0.3 is 10.1 Å². The Balaban J connectivity index is 1.94. The van der Waals surface area contributed by atoms with Gasteiger partial charge in [-0.3, -0.25) is 4.79 Å². The van der Waals surface area contributed by atoms with Gasteiger partial charge >= 0.3 is 5.97 Å². The fraction of sp³-hybridized carbons (Fsp3) is 0.938. The molecular formula is C16H29NO2S. The maximum absolute atomic E-state index is 12.1. The van der Waals surface area contributed by atoms with Crippen molar-refractivity contribution in [3.05, 3.63) is 0 Å². The summed E-state index contributed by atoms with van der Waals surface area (Å²) < 4.78 is 5.03. The molecule has 0 aromatic rings. The van der Waals surface area contributed by atoms with Crippen molar-refractivity contribution in [1.29, 1.82) is 0 Å². The van der Waals surface area contributed by atoms with Gasteiger partial charge in [-0.2, -0.15) is 11.8 Å². The Labute approximate surface area is 127 Å². The lowest BCUT2D eigenvalue weighted by atomic mass is 9.81. The van der Waals surface area contributed by atoms with E-state index in [1.165, 1.54) is 39.2 Å². The molecule has 116 valence electrons. The van der Waals surface area contributed by atoms with Gasteiger partial charge in [0, 0.05) is 10.5 Å². The van der Waals surface area contributed by atoms with Gasteiger partial charge in [0.2, 0.25) is 0 Å². The number of esters is 1. The lowest BCUT2D eigenvalue weighted by molar-refractivity contribution is -0.149. The third-order valence-electron chi connectivity index (χ3n) is 5.03. The Bertz CT molecular complexity index is 336. The number of carbonyl (C=O) groups is 1. The minimum absolute atomic E-state index is 0.0812. The van der Waals surface area contributed by atoms with Crippen LogP contribution >= 0.6 is 11.8 Å². The highest BCUT2D eigenvalue weighted by Gasteiger charge is 2.43. The van der Waals surface area contributed by atoms with Gasteiger partial charge in [-0.05, 0) is 51.5 Å². The maximum atomic E-state index is 12.1. The lowest BCUT2D eigenvalue weighted by Crippen LogP contribution is -2.54. The molecule has 3 nitrogen and oxygen atoms in total. The molecule has 20 heavy (non-hydrogen) atoms. The molecule has 0 spiro atoms. The minimum Gasteiger partial charge on any atom is -0.468 e. The second-order valence-electron chi connectivity index (χ2n) is 6.57. The number of thioether (sulfide) groups is 1. The van der Waals surface area contributed by atoms with E-state index in [0.717, 1.165) is 30.4 Å². The minimum atomic E-state index is -0.440. The molecule has 2 aliphatic carbocycles. The molecule has 0 aromatic heterocycles. The fourth-order valence-corrected chi connectivity index (χ4v) is 5.79. The van der Waals surface area contributed by atoms with Crippen LogP contribution in [0.2, 0.25) is 0 Å². The summed E-state index contributed by atoms with van der Waals surface area (Å²) >= 11 is 2.14. The predicted octanol–water partition coefficient (Wildman–Crippen LogP) is 3.37. The average molecular weight is 299 g/mol. The molecule has 0 aromatic carbocycles. The SMILES string of the molecule is CNC1(C(=O)OC)CCCC(SC2CCCC(C)C2)C1. The summed E-state index contributed by atoms with van der Waals surface area (Å²) in [5.41, 5.74) is -0.440. The molecule has 2 aliphatic rings. The zero-order valence-corrected chi connectivity index (χ0v) is 13.9. The molecule has 0 amide bonds. The van der Waals surface area contributed by atoms with E-state index in [2.05, 4.69) is 24.0 Å². The number of methoxy groups -OCH3 is 1.